The molecule has 1 heterocycles. The second kappa shape index (κ2) is 7.46. The fourth-order valence-electron chi connectivity index (χ4n) is 2.59. The van der Waals surface area contributed by atoms with Gasteiger partial charge in [0.25, 0.3) is 0 Å². The quantitative estimate of drug-likeness (QED) is 0.864. The molecule has 4 nitrogen and oxygen atoms in total. The van der Waals surface area contributed by atoms with Gasteiger partial charge in [-0.1, -0.05) is 26.0 Å². The average molecular weight is 290 g/mol. The van der Waals surface area contributed by atoms with E-state index in [0.717, 1.165) is 31.6 Å². The van der Waals surface area contributed by atoms with Crippen LogP contribution in [0.15, 0.2) is 24.3 Å². The first-order valence-electron chi connectivity index (χ1n) is 7.89. The highest BCUT2D eigenvalue weighted by atomic mass is 16.5. The zero-order chi connectivity index (χ0) is 15.2. The molecular weight excluding hydrogens is 264 g/mol. The summed E-state index contributed by atoms with van der Waals surface area (Å²) < 4.78 is 5.58. The van der Waals surface area contributed by atoms with Gasteiger partial charge in [-0.15, -0.1) is 0 Å². The molecule has 0 saturated carbocycles. The minimum absolute atomic E-state index is 0.0342. The Bertz CT molecular complexity index is 452. The number of anilines is 1. The number of carbonyl (C=O) groups excluding carboxylic acids is 1. The summed E-state index contributed by atoms with van der Waals surface area (Å²) in [7, 11) is 0. The van der Waals surface area contributed by atoms with E-state index in [1.807, 2.05) is 19.1 Å². The van der Waals surface area contributed by atoms with Gasteiger partial charge in [0.15, 0.2) is 0 Å². The number of nitrogens with one attached hydrogen (secondary N) is 2. The number of amides is 2. The van der Waals surface area contributed by atoms with E-state index in [9.17, 15) is 4.79 Å². The van der Waals surface area contributed by atoms with Crippen molar-refractivity contribution in [2.75, 3.05) is 11.9 Å². The Morgan fingerprint density at radius 2 is 2.05 bits per heavy atom. The lowest BCUT2D eigenvalue weighted by molar-refractivity contribution is 0.0868. The normalized spacial score (nSPS) is 20.8. The first-order valence-corrected chi connectivity index (χ1v) is 7.89. The molecule has 1 aromatic rings. The molecule has 1 aliphatic heterocycles. The Kier molecular flexibility index (Phi) is 5.62. The smallest absolute Gasteiger partial charge is 0.319 e. The van der Waals surface area contributed by atoms with Gasteiger partial charge in [-0.25, -0.2) is 4.79 Å². The number of ether oxygens (including phenoxy) is 1. The fraction of sp³-hybridized carbons (Fsp3) is 0.588. The maximum Gasteiger partial charge on any atom is 0.319 e. The molecule has 1 aromatic carbocycles. The van der Waals surface area contributed by atoms with Crippen molar-refractivity contribution in [2.24, 2.45) is 0 Å². The predicted octanol–water partition coefficient (Wildman–Crippen LogP) is 3.89. The number of hydrogen-bond donors (Lipinski definition) is 2. The average Bonchev–Trinajstić information content (AvgIpc) is 3.01. The lowest BCUT2D eigenvalue weighted by Gasteiger charge is -2.20. The van der Waals surface area contributed by atoms with Crippen LogP contribution in [0.2, 0.25) is 0 Å². The van der Waals surface area contributed by atoms with Gasteiger partial charge in [0.2, 0.25) is 0 Å². The van der Waals surface area contributed by atoms with Crippen molar-refractivity contribution in [3.63, 3.8) is 0 Å². The van der Waals surface area contributed by atoms with E-state index >= 15 is 0 Å². The molecule has 116 valence electrons. The fourth-order valence-corrected chi connectivity index (χ4v) is 2.59. The number of urea groups is 1. The molecule has 0 bridgehead atoms. The van der Waals surface area contributed by atoms with Gasteiger partial charge in [-0.3, -0.25) is 0 Å². The Labute approximate surface area is 127 Å². The molecule has 0 spiro atoms. The van der Waals surface area contributed by atoms with Crippen LogP contribution in [0, 0.1) is 0 Å². The maximum atomic E-state index is 12.0. The number of rotatable bonds is 5. The molecule has 21 heavy (non-hydrogen) atoms. The van der Waals surface area contributed by atoms with Gasteiger partial charge in [0.1, 0.15) is 0 Å². The standard InChI is InChI=1S/C17H26N2O2/c1-4-12(2)14-7-9-15(10-8-14)19-17(20)18-13(3)16-6-5-11-21-16/h7-10,12-13,16H,4-6,11H2,1-3H3,(H2,18,19,20)/t12-,13-,16+/m0/s1. The third kappa shape index (κ3) is 4.46. The Morgan fingerprint density at radius 3 is 2.62 bits per heavy atom. The minimum Gasteiger partial charge on any atom is -0.376 e. The molecular formula is C17H26N2O2. The van der Waals surface area contributed by atoms with E-state index in [4.69, 9.17) is 4.74 Å². The van der Waals surface area contributed by atoms with Crippen LogP contribution in [0.25, 0.3) is 0 Å². The van der Waals surface area contributed by atoms with Crippen LogP contribution in [-0.2, 0) is 4.74 Å². The molecule has 1 aliphatic rings. The predicted molar refractivity (Wildman–Crippen MR) is 85.7 cm³/mol. The topological polar surface area (TPSA) is 50.4 Å². The second-order valence-electron chi connectivity index (χ2n) is 5.87. The molecule has 2 N–H and O–H groups in total. The van der Waals surface area contributed by atoms with Gasteiger partial charge in [-0.05, 0) is 49.8 Å². The zero-order valence-electron chi connectivity index (χ0n) is 13.2. The zero-order valence-corrected chi connectivity index (χ0v) is 13.2. The van der Waals surface area contributed by atoms with Crippen molar-refractivity contribution >= 4 is 11.7 Å². The summed E-state index contributed by atoms with van der Waals surface area (Å²) in [6.45, 7) is 7.17. The summed E-state index contributed by atoms with van der Waals surface area (Å²) in [4.78, 5) is 12.0. The summed E-state index contributed by atoms with van der Waals surface area (Å²) in [5.41, 5.74) is 2.12. The first kappa shape index (κ1) is 15.8. The number of benzene rings is 1. The van der Waals surface area contributed by atoms with Crippen LogP contribution in [0.4, 0.5) is 10.5 Å². The van der Waals surface area contributed by atoms with Crippen molar-refractivity contribution in [2.45, 2.75) is 58.1 Å². The number of carbonyl (C=O) groups is 1. The lowest BCUT2D eigenvalue weighted by Crippen LogP contribution is -2.42. The molecule has 4 heteroatoms. The summed E-state index contributed by atoms with van der Waals surface area (Å²) in [6.07, 6.45) is 3.36. The molecule has 0 aliphatic carbocycles. The van der Waals surface area contributed by atoms with Gasteiger partial charge in [0.05, 0.1) is 12.1 Å². The molecule has 2 rings (SSSR count). The molecule has 0 aromatic heterocycles. The van der Waals surface area contributed by atoms with Crippen LogP contribution in [0.3, 0.4) is 0 Å². The maximum absolute atomic E-state index is 12.0. The van der Waals surface area contributed by atoms with Gasteiger partial charge in [0, 0.05) is 12.3 Å². The molecule has 2 amide bonds. The van der Waals surface area contributed by atoms with Crippen LogP contribution in [0.1, 0.15) is 51.5 Å². The van der Waals surface area contributed by atoms with E-state index < -0.39 is 0 Å². The summed E-state index contributed by atoms with van der Waals surface area (Å²) >= 11 is 0. The van der Waals surface area contributed by atoms with Crippen molar-refractivity contribution in [3.8, 4) is 0 Å². The van der Waals surface area contributed by atoms with Crippen molar-refractivity contribution in [1.29, 1.82) is 0 Å². The van der Waals surface area contributed by atoms with E-state index in [-0.39, 0.29) is 18.2 Å². The molecule has 1 saturated heterocycles. The highest BCUT2D eigenvalue weighted by molar-refractivity contribution is 5.89. The second-order valence-corrected chi connectivity index (χ2v) is 5.87. The van der Waals surface area contributed by atoms with E-state index in [2.05, 4.69) is 36.6 Å². The van der Waals surface area contributed by atoms with Crippen molar-refractivity contribution < 1.29 is 9.53 Å². The Hall–Kier alpha value is -1.55. The van der Waals surface area contributed by atoms with E-state index in [1.165, 1.54) is 5.56 Å². The van der Waals surface area contributed by atoms with Gasteiger partial charge in [-0.2, -0.15) is 0 Å². The van der Waals surface area contributed by atoms with Gasteiger partial charge >= 0.3 is 6.03 Å². The first-order chi connectivity index (χ1) is 10.1. The van der Waals surface area contributed by atoms with E-state index in [1.54, 1.807) is 0 Å². The Morgan fingerprint density at radius 1 is 1.33 bits per heavy atom. The Balaban J connectivity index is 1.84. The number of hydrogen-bond acceptors (Lipinski definition) is 2. The van der Waals surface area contributed by atoms with Crippen LogP contribution >= 0.6 is 0 Å². The molecule has 3 atom stereocenters. The third-order valence-corrected chi connectivity index (χ3v) is 4.23. The van der Waals surface area contributed by atoms with Crippen molar-refractivity contribution in [1.82, 2.24) is 5.32 Å². The minimum atomic E-state index is -0.172. The molecule has 0 unspecified atom stereocenters. The summed E-state index contributed by atoms with van der Waals surface area (Å²) in [5, 5.41) is 5.82. The highest BCUT2D eigenvalue weighted by Crippen LogP contribution is 2.20. The highest BCUT2D eigenvalue weighted by Gasteiger charge is 2.23. The molecule has 1 fully saturated rings. The van der Waals surface area contributed by atoms with Gasteiger partial charge < -0.3 is 15.4 Å². The van der Waals surface area contributed by atoms with E-state index in [0.29, 0.717) is 5.92 Å². The van der Waals surface area contributed by atoms with Crippen LogP contribution in [-0.4, -0.2) is 24.8 Å². The lowest BCUT2D eigenvalue weighted by atomic mass is 9.99. The third-order valence-electron chi connectivity index (χ3n) is 4.23. The van der Waals surface area contributed by atoms with Crippen molar-refractivity contribution in [3.05, 3.63) is 29.8 Å². The SMILES string of the molecule is CC[C@H](C)c1ccc(NC(=O)N[C@@H](C)[C@H]2CCCO2)cc1. The molecule has 0 radical (unpaired) electrons. The summed E-state index contributed by atoms with van der Waals surface area (Å²) in [5.74, 6) is 0.549. The van der Waals surface area contributed by atoms with Crippen LogP contribution in [0.5, 0.6) is 0 Å². The summed E-state index contributed by atoms with van der Waals surface area (Å²) in [6, 6.07) is 7.93. The monoisotopic (exact) mass is 290 g/mol. The largest absolute Gasteiger partial charge is 0.376 e. The van der Waals surface area contributed by atoms with Crippen LogP contribution < -0.4 is 10.6 Å².